The van der Waals surface area contributed by atoms with Gasteiger partial charge in [-0.2, -0.15) is 16.9 Å². The second-order valence-corrected chi connectivity index (χ2v) is 6.15. The highest BCUT2D eigenvalue weighted by Crippen LogP contribution is 2.29. The third kappa shape index (κ3) is 2.38. The zero-order chi connectivity index (χ0) is 12.4. The summed E-state index contributed by atoms with van der Waals surface area (Å²) in [5.41, 5.74) is 3.43. The maximum absolute atomic E-state index is 3.99. The van der Waals surface area contributed by atoms with Crippen molar-refractivity contribution in [1.29, 1.82) is 0 Å². The first-order valence-corrected chi connectivity index (χ1v) is 7.36. The average molecular weight is 259 g/mol. The number of hydrogen-bond donors (Lipinski definition) is 2. The molecule has 0 radical (unpaired) electrons. The molecule has 3 rings (SSSR count). The van der Waals surface area contributed by atoms with Gasteiger partial charge in [0.25, 0.3) is 0 Å². The zero-order valence-electron chi connectivity index (χ0n) is 10.4. The van der Waals surface area contributed by atoms with E-state index in [-0.39, 0.29) is 0 Å². The SMILES string of the molecule is CC1SCCC1Nc1cccc(-c2ccn[nH]2)c1. The molecule has 0 bridgehead atoms. The lowest BCUT2D eigenvalue weighted by molar-refractivity contribution is 0.724. The average Bonchev–Trinajstić information content (AvgIpc) is 3.02. The predicted molar refractivity (Wildman–Crippen MR) is 78.0 cm³/mol. The number of aromatic nitrogens is 2. The first-order valence-electron chi connectivity index (χ1n) is 6.31. The van der Waals surface area contributed by atoms with Crippen LogP contribution in [0.1, 0.15) is 13.3 Å². The van der Waals surface area contributed by atoms with E-state index in [0.717, 1.165) is 5.69 Å². The first-order chi connectivity index (χ1) is 8.83. The maximum Gasteiger partial charge on any atom is 0.0650 e. The Balaban J connectivity index is 1.79. The first kappa shape index (κ1) is 11.7. The molecular weight excluding hydrogens is 242 g/mol. The predicted octanol–water partition coefficient (Wildman–Crippen LogP) is 3.38. The Hall–Kier alpha value is -1.42. The quantitative estimate of drug-likeness (QED) is 0.887. The van der Waals surface area contributed by atoms with Crippen LogP contribution in [0.15, 0.2) is 36.5 Å². The van der Waals surface area contributed by atoms with Crippen molar-refractivity contribution in [1.82, 2.24) is 10.2 Å². The van der Waals surface area contributed by atoms with Gasteiger partial charge in [-0.15, -0.1) is 0 Å². The van der Waals surface area contributed by atoms with Gasteiger partial charge in [-0.25, -0.2) is 0 Å². The van der Waals surface area contributed by atoms with E-state index < -0.39 is 0 Å². The summed E-state index contributed by atoms with van der Waals surface area (Å²) < 4.78 is 0. The van der Waals surface area contributed by atoms with E-state index in [0.29, 0.717) is 11.3 Å². The lowest BCUT2D eigenvalue weighted by Gasteiger charge is -2.18. The minimum absolute atomic E-state index is 0.590. The van der Waals surface area contributed by atoms with E-state index in [4.69, 9.17) is 0 Å². The Labute approximate surface area is 111 Å². The van der Waals surface area contributed by atoms with Crippen molar-refractivity contribution in [2.45, 2.75) is 24.6 Å². The Morgan fingerprint density at radius 1 is 1.39 bits per heavy atom. The highest BCUT2D eigenvalue weighted by Gasteiger charge is 2.23. The number of benzene rings is 1. The number of H-pyrrole nitrogens is 1. The molecule has 0 aliphatic carbocycles. The molecule has 3 nitrogen and oxygen atoms in total. The molecule has 1 aromatic heterocycles. The topological polar surface area (TPSA) is 40.7 Å². The number of nitrogens with one attached hydrogen (secondary N) is 2. The lowest BCUT2D eigenvalue weighted by atomic mass is 10.1. The van der Waals surface area contributed by atoms with Gasteiger partial charge in [0.15, 0.2) is 0 Å². The van der Waals surface area contributed by atoms with Crippen LogP contribution in [0.2, 0.25) is 0 Å². The van der Waals surface area contributed by atoms with Crippen molar-refractivity contribution >= 4 is 17.4 Å². The molecule has 2 aromatic rings. The van der Waals surface area contributed by atoms with Crippen molar-refractivity contribution in [3.05, 3.63) is 36.5 Å². The van der Waals surface area contributed by atoms with Gasteiger partial charge in [-0.1, -0.05) is 19.1 Å². The van der Waals surface area contributed by atoms with Gasteiger partial charge >= 0.3 is 0 Å². The third-order valence-corrected chi connectivity index (χ3v) is 4.73. The van der Waals surface area contributed by atoms with Gasteiger partial charge in [0, 0.05) is 28.7 Å². The Morgan fingerprint density at radius 2 is 2.33 bits per heavy atom. The fourth-order valence-corrected chi connectivity index (χ4v) is 3.53. The van der Waals surface area contributed by atoms with Gasteiger partial charge in [-0.05, 0) is 30.4 Å². The summed E-state index contributed by atoms with van der Waals surface area (Å²) in [5, 5.41) is 11.3. The largest absolute Gasteiger partial charge is 0.381 e. The van der Waals surface area contributed by atoms with E-state index in [2.05, 4.69) is 46.7 Å². The maximum atomic E-state index is 3.99. The Bertz CT molecular complexity index is 510. The zero-order valence-corrected chi connectivity index (χ0v) is 11.2. The van der Waals surface area contributed by atoms with E-state index >= 15 is 0 Å². The van der Waals surface area contributed by atoms with Crippen LogP contribution < -0.4 is 5.32 Å². The molecule has 0 spiro atoms. The molecule has 1 saturated heterocycles. The van der Waals surface area contributed by atoms with Gasteiger partial charge in [-0.3, -0.25) is 5.10 Å². The van der Waals surface area contributed by atoms with Gasteiger partial charge in [0.1, 0.15) is 0 Å². The second-order valence-electron chi connectivity index (χ2n) is 4.67. The molecule has 2 heterocycles. The molecular formula is C14H17N3S. The molecule has 4 heteroatoms. The number of rotatable bonds is 3. The molecule has 2 atom stereocenters. The fraction of sp³-hybridized carbons (Fsp3) is 0.357. The molecule has 1 fully saturated rings. The number of nitrogens with zero attached hydrogens (tertiary/aromatic N) is 1. The van der Waals surface area contributed by atoms with E-state index in [1.807, 2.05) is 17.8 Å². The summed E-state index contributed by atoms with van der Waals surface area (Å²) >= 11 is 2.05. The van der Waals surface area contributed by atoms with Gasteiger partial charge < -0.3 is 5.32 Å². The van der Waals surface area contributed by atoms with E-state index in [1.165, 1.54) is 23.4 Å². The standard InChI is InChI=1S/C14H17N3S/c1-10-13(6-8-18-10)16-12-4-2-3-11(9-12)14-5-7-15-17-14/h2-5,7,9-10,13,16H,6,8H2,1H3,(H,15,17). The van der Waals surface area contributed by atoms with Crippen molar-refractivity contribution in [3.63, 3.8) is 0 Å². The summed E-state index contributed by atoms with van der Waals surface area (Å²) in [6, 6.07) is 11.1. The fourth-order valence-electron chi connectivity index (χ4n) is 2.33. The van der Waals surface area contributed by atoms with Crippen LogP contribution in [0.3, 0.4) is 0 Å². The third-order valence-electron chi connectivity index (χ3n) is 3.40. The molecule has 18 heavy (non-hydrogen) atoms. The minimum Gasteiger partial charge on any atom is -0.381 e. The molecule has 2 N–H and O–H groups in total. The number of hydrogen-bond acceptors (Lipinski definition) is 3. The van der Waals surface area contributed by atoms with E-state index in [9.17, 15) is 0 Å². The van der Waals surface area contributed by atoms with Crippen LogP contribution in [0.5, 0.6) is 0 Å². The van der Waals surface area contributed by atoms with Crippen molar-refractivity contribution in [2.75, 3.05) is 11.1 Å². The molecule has 1 aliphatic rings. The van der Waals surface area contributed by atoms with Gasteiger partial charge in [0.2, 0.25) is 0 Å². The van der Waals surface area contributed by atoms with Crippen LogP contribution in [0.25, 0.3) is 11.3 Å². The van der Waals surface area contributed by atoms with Crippen LogP contribution in [-0.4, -0.2) is 27.2 Å². The van der Waals surface area contributed by atoms with Crippen molar-refractivity contribution in [3.8, 4) is 11.3 Å². The summed E-state index contributed by atoms with van der Waals surface area (Å²) in [6.45, 7) is 2.30. The van der Waals surface area contributed by atoms with E-state index in [1.54, 1.807) is 6.20 Å². The summed E-state index contributed by atoms with van der Waals surface area (Å²) in [7, 11) is 0. The molecule has 1 aliphatic heterocycles. The van der Waals surface area contributed by atoms with Crippen LogP contribution in [0.4, 0.5) is 5.69 Å². The molecule has 1 aromatic carbocycles. The van der Waals surface area contributed by atoms with Crippen LogP contribution >= 0.6 is 11.8 Å². The highest BCUT2D eigenvalue weighted by atomic mass is 32.2. The summed E-state index contributed by atoms with van der Waals surface area (Å²) in [5.74, 6) is 1.26. The molecule has 2 unspecified atom stereocenters. The number of anilines is 1. The summed E-state index contributed by atoms with van der Waals surface area (Å²) in [6.07, 6.45) is 3.03. The monoisotopic (exact) mass is 259 g/mol. The number of aromatic amines is 1. The lowest BCUT2D eigenvalue weighted by Crippen LogP contribution is -2.24. The Morgan fingerprint density at radius 3 is 3.06 bits per heavy atom. The Kier molecular flexibility index (Phi) is 3.28. The molecule has 94 valence electrons. The number of thioether (sulfide) groups is 1. The highest BCUT2D eigenvalue weighted by molar-refractivity contribution is 8.00. The van der Waals surface area contributed by atoms with Crippen LogP contribution in [-0.2, 0) is 0 Å². The molecule has 0 saturated carbocycles. The minimum atomic E-state index is 0.590. The van der Waals surface area contributed by atoms with Crippen LogP contribution in [0, 0.1) is 0 Å². The normalized spacial score (nSPS) is 23.2. The summed E-state index contributed by atoms with van der Waals surface area (Å²) in [4.78, 5) is 0. The van der Waals surface area contributed by atoms with Crippen molar-refractivity contribution in [2.24, 2.45) is 0 Å². The second kappa shape index (κ2) is 5.06. The van der Waals surface area contributed by atoms with Crippen molar-refractivity contribution < 1.29 is 0 Å². The molecule has 0 amide bonds. The van der Waals surface area contributed by atoms with Gasteiger partial charge in [0.05, 0.1) is 5.69 Å². The smallest absolute Gasteiger partial charge is 0.0650 e.